The highest BCUT2D eigenvalue weighted by Gasteiger charge is 2.31. The van der Waals surface area contributed by atoms with Crippen LogP contribution in [0.4, 0.5) is 8.78 Å². The van der Waals surface area contributed by atoms with Crippen LogP contribution in [0, 0.1) is 18.6 Å². The fourth-order valence-electron chi connectivity index (χ4n) is 3.29. The van der Waals surface area contributed by atoms with Crippen molar-refractivity contribution in [1.82, 2.24) is 15.5 Å². The van der Waals surface area contributed by atoms with Crippen LogP contribution < -0.4 is 10.6 Å². The van der Waals surface area contributed by atoms with Gasteiger partial charge in [0.2, 0.25) is 11.8 Å². The van der Waals surface area contributed by atoms with Crippen molar-refractivity contribution < 1.29 is 18.4 Å². The predicted molar refractivity (Wildman–Crippen MR) is 101 cm³/mol. The topological polar surface area (TPSA) is 61.4 Å². The summed E-state index contributed by atoms with van der Waals surface area (Å²) in [6.45, 7) is 3.70. The molecule has 2 N–H and O–H groups in total. The van der Waals surface area contributed by atoms with Gasteiger partial charge in [0.15, 0.2) is 0 Å². The summed E-state index contributed by atoms with van der Waals surface area (Å²) >= 11 is 0. The van der Waals surface area contributed by atoms with E-state index in [2.05, 4.69) is 10.6 Å². The Morgan fingerprint density at radius 3 is 2.75 bits per heavy atom. The zero-order valence-electron chi connectivity index (χ0n) is 15.7. The van der Waals surface area contributed by atoms with E-state index in [-0.39, 0.29) is 30.3 Å². The lowest BCUT2D eigenvalue weighted by molar-refractivity contribution is -0.134. The highest BCUT2D eigenvalue weighted by Crippen LogP contribution is 2.17. The van der Waals surface area contributed by atoms with Crippen LogP contribution in [0.25, 0.3) is 0 Å². The zero-order valence-corrected chi connectivity index (χ0v) is 15.7. The number of rotatable bonds is 6. The highest BCUT2D eigenvalue weighted by atomic mass is 19.1. The van der Waals surface area contributed by atoms with E-state index in [0.29, 0.717) is 19.6 Å². The first-order chi connectivity index (χ1) is 13.4. The Kier molecular flexibility index (Phi) is 6.36. The molecule has 5 nitrogen and oxygen atoms in total. The molecule has 0 aliphatic carbocycles. The summed E-state index contributed by atoms with van der Waals surface area (Å²) < 4.78 is 26.7. The number of nitrogens with zero attached hydrogens (tertiary/aromatic N) is 1. The molecule has 1 heterocycles. The second-order valence-electron chi connectivity index (χ2n) is 6.92. The number of hydrogen-bond donors (Lipinski definition) is 2. The van der Waals surface area contributed by atoms with Crippen LogP contribution in [0.1, 0.15) is 23.1 Å². The lowest BCUT2D eigenvalue weighted by atomic mass is 10.0. The Morgan fingerprint density at radius 1 is 1.21 bits per heavy atom. The van der Waals surface area contributed by atoms with Gasteiger partial charge in [-0.15, -0.1) is 0 Å². The molecule has 2 aromatic carbocycles. The number of carbonyl (C=O) groups excluding carboxylic acids is 2. The number of carbonyl (C=O) groups is 2. The first-order valence-corrected chi connectivity index (χ1v) is 9.21. The first-order valence-electron chi connectivity index (χ1n) is 9.21. The fraction of sp³-hybridized carbons (Fsp3) is 0.333. The summed E-state index contributed by atoms with van der Waals surface area (Å²) in [5.41, 5.74) is 2.43. The van der Waals surface area contributed by atoms with Crippen LogP contribution in [0.5, 0.6) is 0 Å². The number of amides is 2. The van der Waals surface area contributed by atoms with Crippen LogP contribution in [-0.2, 0) is 22.7 Å². The average Bonchev–Trinajstić information content (AvgIpc) is 2.65. The van der Waals surface area contributed by atoms with Crippen LogP contribution in [0.3, 0.4) is 0 Å². The van der Waals surface area contributed by atoms with Gasteiger partial charge in [-0.05, 0) is 24.1 Å². The van der Waals surface area contributed by atoms with Gasteiger partial charge in [-0.2, -0.15) is 0 Å². The van der Waals surface area contributed by atoms with Crippen molar-refractivity contribution in [3.63, 3.8) is 0 Å². The Bertz CT molecular complexity index is 872. The largest absolute Gasteiger partial charge is 0.353 e. The maximum Gasteiger partial charge on any atom is 0.237 e. The van der Waals surface area contributed by atoms with Gasteiger partial charge >= 0.3 is 0 Å². The number of benzene rings is 2. The monoisotopic (exact) mass is 387 g/mol. The average molecular weight is 387 g/mol. The van der Waals surface area contributed by atoms with E-state index in [1.54, 1.807) is 0 Å². The highest BCUT2D eigenvalue weighted by molar-refractivity contribution is 5.88. The molecule has 0 saturated carbocycles. The molecule has 1 fully saturated rings. The van der Waals surface area contributed by atoms with Crippen molar-refractivity contribution in [3.8, 4) is 0 Å². The van der Waals surface area contributed by atoms with Crippen molar-refractivity contribution in [3.05, 3.63) is 70.8 Å². The van der Waals surface area contributed by atoms with Crippen molar-refractivity contribution in [2.24, 2.45) is 0 Å². The second kappa shape index (κ2) is 8.93. The van der Waals surface area contributed by atoms with Gasteiger partial charge in [0.1, 0.15) is 11.6 Å². The first kappa shape index (κ1) is 19.9. The van der Waals surface area contributed by atoms with E-state index in [4.69, 9.17) is 0 Å². The molecule has 2 aromatic rings. The smallest absolute Gasteiger partial charge is 0.237 e. The molecule has 148 valence electrons. The summed E-state index contributed by atoms with van der Waals surface area (Å²) in [6.07, 6.45) is -0.0273. The quantitative estimate of drug-likeness (QED) is 0.800. The Morgan fingerprint density at radius 2 is 2.00 bits per heavy atom. The number of nitrogens with one attached hydrogen (secondary N) is 2. The van der Waals surface area contributed by atoms with Crippen molar-refractivity contribution in [2.45, 2.75) is 32.5 Å². The van der Waals surface area contributed by atoms with Crippen LogP contribution >= 0.6 is 0 Å². The second-order valence-corrected chi connectivity index (χ2v) is 6.92. The molecule has 0 aromatic heterocycles. The van der Waals surface area contributed by atoms with E-state index in [1.165, 1.54) is 6.07 Å². The Hall–Kier alpha value is -2.80. The molecular formula is C21H23F2N3O2. The van der Waals surface area contributed by atoms with Gasteiger partial charge in [0.05, 0.1) is 12.5 Å². The molecule has 7 heteroatoms. The standard InChI is InChI=1S/C21H23F2N3O2/c1-14-4-2-3-5-16(14)13-26-9-8-24-21(28)19(26)11-20(27)25-12-15-6-7-17(22)10-18(15)23/h2-7,10,19H,8-9,11-13H2,1H3,(H,24,28)(H,25,27). The number of halogens is 2. The molecule has 0 bridgehead atoms. The Labute approximate surface area is 162 Å². The molecule has 0 spiro atoms. The maximum absolute atomic E-state index is 13.7. The van der Waals surface area contributed by atoms with Gasteiger partial charge in [-0.1, -0.05) is 30.3 Å². The molecular weight excluding hydrogens is 364 g/mol. The van der Waals surface area contributed by atoms with Gasteiger partial charge < -0.3 is 10.6 Å². The van der Waals surface area contributed by atoms with E-state index >= 15 is 0 Å². The molecule has 28 heavy (non-hydrogen) atoms. The summed E-state index contributed by atoms with van der Waals surface area (Å²) in [6, 6.07) is 10.6. The van der Waals surface area contributed by atoms with Gasteiger partial charge in [0, 0.05) is 37.8 Å². The van der Waals surface area contributed by atoms with Gasteiger partial charge in [0.25, 0.3) is 0 Å². The van der Waals surface area contributed by atoms with Crippen LogP contribution in [-0.4, -0.2) is 35.8 Å². The number of aryl methyl sites for hydroxylation is 1. The van der Waals surface area contributed by atoms with E-state index in [1.807, 2.05) is 36.1 Å². The lowest BCUT2D eigenvalue weighted by Crippen LogP contribution is -2.56. The molecule has 1 unspecified atom stereocenters. The molecule has 2 amide bonds. The summed E-state index contributed by atoms with van der Waals surface area (Å²) in [5.74, 6) is -1.93. The predicted octanol–water partition coefficient (Wildman–Crippen LogP) is 2.28. The SMILES string of the molecule is Cc1ccccc1CN1CCNC(=O)C1CC(=O)NCc1ccc(F)cc1F. The fourth-order valence-corrected chi connectivity index (χ4v) is 3.29. The van der Waals surface area contributed by atoms with Crippen LogP contribution in [0.2, 0.25) is 0 Å². The van der Waals surface area contributed by atoms with Gasteiger partial charge in [-0.3, -0.25) is 14.5 Å². The third kappa shape index (κ3) is 4.92. The van der Waals surface area contributed by atoms with E-state index < -0.39 is 17.7 Å². The summed E-state index contributed by atoms with van der Waals surface area (Å²) in [7, 11) is 0. The minimum absolute atomic E-state index is 0.0273. The maximum atomic E-state index is 13.7. The van der Waals surface area contributed by atoms with Crippen LogP contribution in [0.15, 0.2) is 42.5 Å². The lowest BCUT2D eigenvalue weighted by Gasteiger charge is -2.35. The minimum Gasteiger partial charge on any atom is -0.353 e. The van der Waals surface area contributed by atoms with E-state index in [9.17, 15) is 18.4 Å². The number of hydrogen-bond acceptors (Lipinski definition) is 3. The molecule has 1 saturated heterocycles. The van der Waals surface area contributed by atoms with E-state index in [0.717, 1.165) is 23.3 Å². The minimum atomic E-state index is -0.711. The number of piperazine rings is 1. The zero-order chi connectivity index (χ0) is 20.1. The molecule has 0 radical (unpaired) electrons. The molecule has 3 rings (SSSR count). The third-order valence-corrected chi connectivity index (χ3v) is 4.95. The normalized spacial score (nSPS) is 17.2. The van der Waals surface area contributed by atoms with Crippen molar-refractivity contribution in [1.29, 1.82) is 0 Å². The molecule has 1 aliphatic heterocycles. The Balaban J connectivity index is 1.63. The molecule has 1 atom stereocenters. The van der Waals surface area contributed by atoms with Crippen molar-refractivity contribution >= 4 is 11.8 Å². The van der Waals surface area contributed by atoms with Crippen molar-refractivity contribution in [2.75, 3.05) is 13.1 Å². The third-order valence-electron chi connectivity index (χ3n) is 4.95. The van der Waals surface area contributed by atoms with Gasteiger partial charge in [-0.25, -0.2) is 8.78 Å². The molecule has 1 aliphatic rings. The summed E-state index contributed by atoms with van der Waals surface area (Å²) in [4.78, 5) is 26.7. The summed E-state index contributed by atoms with van der Waals surface area (Å²) in [5, 5.41) is 5.41.